The van der Waals surface area contributed by atoms with E-state index in [1.54, 1.807) is 19.1 Å². The Balaban J connectivity index is 2.50. The smallest absolute Gasteiger partial charge is 0.322 e. The van der Waals surface area contributed by atoms with Crippen LogP contribution in [-0.4, -0.2) is 30.7 Å². The minimum atomic E-state index is -0.651. The molecule has 0 aromatic rings. The number of hydrogen-bond donors (Lipinski definition) is 1. The van der Waals surface area contributed by atoms with Gasteiger partial charge in [0.2, 0.25) is 0 Å². The number of nitrogens with two attached hydrogens (primary N) is 1. The van der Waals surface area contributed by atoms with E-state index >= 15 is 0 Å². The lowest BCUT2D eigenvalue weighted by Gasteiger charge is -2.18. The predicted molar refractivity (Wildman–Crippen MR) is 74.9 cm³/mol. The highest BCUT2D eigenvalue weighted by Gasteiger charge is 2.21. The van der Waals surface area contributed by atoms with Crippen molar-refractivity contribution in [3.8, 4) is 0 Å². The molecule has 1 aliphatic carbocycles. The molecule has 0 aliphatic heterocycles. The highest BCUT2D eigenvalue weighted by Crippen LogP contribution is 2.22. The molecule has 2 atom stereocenters. The van der Waals surface area contributed by atoms with E-state index in [1.165, 1.54) is 7.11 Å². The molecule has 20 heavy (non-hydrogen) atoms. The molecule has 1 unspecified atom stereocenters. The van der Waals surface area contributed by atoms with Gasteiger partial charge in [0.05, 0.1) is 13.5 Å². The van der Waals surface area contributed by atoms with E-state index in [-0.39, 0.29) is 23.9 Å². The first-order chi connectivity index (χ1) is 9.47. The minimum Gasteiger partial charge on any atom is -0.468 e. The van der Waals surface area contributed by atoms with Crippen LogP contribution in [0.2, 0.25) is 0 Å². The van der Waals surface area contributed by atoms with Crippen molar-refractivity contribution in [3.63, 3.8) is 0 Å². The van der Waals surface area contributed by atoms with Crippen LogP contribution in [0, 0.1) is 5.92 Å². The van der Waals surface area contributed by atoms with Gasteiger partial charge in [-0.1, -0.05) is 25.2 Å². The second-order valence-electron chi connectivity index (χ2n) is 4.87. The van der Waals surface area contributed by atoms with Crippen molar-refractivity contribution in [2.24, 2.45) is 11.7 Å². The maximum Gasteiger partial charge on any atom is 0.322 e. The third-order valence-corrected chi connectivity index (χ3v) is 3.32. The first-order valence-electron chi connectivity index (χ1n) is 6.74. The molecule has 5 heteroatoms. The van der Waals surface area contributed by atoms with Gasteiger partial charge in [-0.2, -0.15) is 0 Å². The second kappa shape index (κ2) is 7.75. The van der Waals surface area contributed by atoms with Gasteiger partial charge in [-0.05, 0) is 18.8 Å². The molecule has 0 amide bonds. The number of allylic oxidation sites excluding steroid dienone is 4. The van der Waals surface area contributed by atoms with Gasteiger partial charge in [-0.3, -0.25) is 14.4 Å². The average molecular weight is 279 g/mol. The molecular formula is C15H21NO4. The molecule has 1 rings (SSSR count). The monoisotopic (exact) mass is 279 g/mol. The van der Waals surface area contributed by atoms with E-state index in [2.05, 4.69) is 4.74 Å². The normalized spacial score (nSPS) is 19.1. The van der Waals surface area contributed by atoms with E-state index in [9.17, 15) is 14.4 Å². The second-order valence-corrected chi connectivity index (χ2v) is 4.87. The van der Waals surface area contributed by atoms with Gasteiger partial charge in [-0.25, -0.2) is 0 Å². The molecular weight excluding hydrogens is 258 g/mol. The van der Waals surface area contributed by atoms with Gasteiger partial charge in [0.1, 0.15) is 11.8 Å². The fraction of sp³-hybridized carbons (Fsp3) is 0.533. The first kappa shape index (κ1) is 16.3. The maximum atomic E-state index is 11.8. The molecule has 0 aromatic heterocycles. The number of rotatable bonds is 7. The highest BCUT2D eigenvalue weighted by molar-refractivity contribution is 6.09. The van der Waals surface area contributed by atoms with Crippen LogP contribution in [0.1, 0.15) is 32.6 Å². The van der Waals surface area contributed by atoms with Gasteiger partial charge in [0.15, 0.2) is 5.78 Å². The van der Waals surface area contributed by atoms with Crippen LogP contribution in [0.5, 0.6) is 0 Å². The lowest BCUT2D eigenvalue weighted by Crippen LogP contribution is -2.33. The van der Waals surface area contributed by atoms with Crippen molar-refractivity contribution in [2.75, 3.05) is 7.11 Å². The molecule has 2 N–H and O–H groups in total. The molecule has 0 heterocycles. The van der Waals surface area contributed by atoms with E-state index in [0.29, 0.717) is 24.8 Å². The lowest BCUT2D eigenvalue weighted by molar-refractivity contribution is -0.142. The molecule has 1 aliphatic rings. The Bertz CT molecular complexity index is 451. The van der Waals surface area contributed by atoms with Crippen LogP contribution in [0.4, 0.5) is 0 Å². The van der Waals surface area contributed by atoms with Crippen molar-refractivity contribution in [3.05, 3.63) is 23.8 Å². The Kier molecular flexibility index (Phi) is 6.31. The van der Waals surface area contributed by atoms with Gasteiger partial charge in [0, 0.05) is 12.0 Å². The van der Waals surface area contributed by atoms with Crippen LogP contribution in [0.3, 0.4) is 0 Å². The van der Waals surface area contributed by atoms with Crippen molar-refractivity contribution in [1.82, 2.24) is 0 Å². The van der Waals surface area contributed by atoms with Crippen LogP contribution < -0.4 is 5.73 Å². The standard InChI is InChI=1S/C15H21NO4/c1-3-12(17)9-14(18)11-6-4-10(5-7-11)8-13(16)15(19)20-2/h4,6-7,10,13H,3,5,8-9,16H2,1-2H3/t10?,13-/m0/s1. The van der Waals surface area contributed by atoms with Crippen molar-refractivity contribution in [1.29, 1.82) is 0 Å². The Labute approximate surface area is 118 Å². The van der Waals surface area contributed by atoms with Crippen molar-refractivity contribution >= 4 is 17.5 Å². The third-order valence-electron chi connectivity index (χ3n) is 3.32. The highest BCUT2D eigenvalue weighted by atomic mass is 16.5. The van der Waals surface area contributed by atoms with Gasteiger partial charge >= 0.3 is 5.97 Å². The first-order valence-corrected chi connectivity index (χ1v) is 6.74. The molecule has 0 bridgehead atoms. The summed E-state index contributed by atoms with van der Waals surface area (Å²) in [7, 11) is 1.31. The Morgan fingerprint density at radius 1 is 1.45 bits per heavy atom. The zero-order valence-corrected chi connectivity index (χ0v) is 11.9. The number of ether oxygens (including phenoxy) is 1. The summed E-state index contributed by atoms with van der Waals surface area (Å²) in [5.74, 6) is -0.525. The number of Topliss-reactive ketones (excluding diaryl/α,β-unsaturated/α-hetero) is 2. The number of esters is 1. The van der Waals surface area contributed by atoms with Crippen LogP contribution in [0.25, 0.3) is 0 Å². The molecule has 0 saturated carbocycles. The van der Waals surface area contributed by atoms with Crippen molar-refractivity contribution < 1.29 is 19.1 Å². The SMILES string of the molecule is CCC(=O)CC(=O)C1=CCC(C[C@H](N)C(=O)OC)C=C1. The summed E-state index contributed by atoms with van der Waals surface area (Å²) in [6.45, 7) is 1.74. The Hall–Kier alpha value is -1.75. The number of methoxy groups -OCH3 is 1. The quantitative estimate of drug-likeness (QED) is 0.561. The Morgan fingerprint density at radius 2 is 2.15 bits per heavy atom. The summed E-state index contributed by atoms with van der Waals surface area (Å²) >= 11 is 0. The van der Waals surface area contributed by atoms with Crippen molar-refractivity contribution in [2.45, 2.75) is 38.6 Å². The molecule has 0 saturated heterocycles. The molecule has 5 nitrogen and oxygen atoms in total. The van der Waals surface area contributed by atoms with E-state index in [0.717, 1.165) is 0 Å². The topological polar surface area (TPSA) is 86.5 Å². The number of carbonyl (C=O) groups is 3. The zero-order valence-electron chi connectivity index (χ0n) is 11.9. The molecule has 0 fully saturated rings. The van der Waals surface area contributed by atoms with Crippen LogP contribution in [0.15, 0.2) is 23.8 Å². The van der Waals surface area contributed by atoms with Crippen LogP contribution >= 0.6 is 0 Å². The summed E-state index contributed by atoms with van der Waals surface area (Å²) in [4.78, 5) is 34.3. The van der Waals surface area contributed by atoms with E-state index in [1.807, 2.05) is 6.08 Å². The summed E-state index contributed by atoms with van der Waals surface area (Å²) in [6, 6.07) is -0.651. The summed E-state index contributed by atoms with van der Waals surface area (Å²) in [5.41, 5.74) is 6.26. The fourth-order valence-electron chi connectivity index (χ4n) is 2.03. The van der Waals surface area contributed by atoms with E-state index < -0.39 is 12.0 Å². The number of ketones is 2. The predicted octanol–water partition coefficient (Wildman–Crippen LogP) is 1.32. The summed E-state index contributed by atoms with van der Waals surface area (Å²) in [5, 5.41) is 0. The summed E-state index contributed by atoms with van der Waals surface area (Å²) < 4.78 is 4.57. The Morgan fingerprint density at radius 3 is 2.65 bits per heavy atom. The van der Waals surface area contributed by atoms with Gasteiger partial charge in [0.25, 0.3) is 0 Å². The van der Waals surface area contributed by atoms with Crippen LogP contribution in [-0.2, 0) is 19.1 Å². The zero-order chi connectivity index (χ0) is 15.1. The maximum absolute atomic E-state index is 11.8. The molecule has 0 radical (unpaired) electrons. The van der Waals surface area contributed by atoms with E-state index in [4.69, 9.17) is 5.73 Å². The minimum absolute atomic E-state index is 0.0426. The lowest BCUT2D eigenvalue weighted by atomic mass is 9.89. The third kappa shape index (κ3) is 4.74. The summed E-state index contributed by atoms with van der Waals surface area (Å²) in [6.07, 6.45) is 6.84. The van der Waals surface area contributed by atoms with Gasteiger partial charge < -0.3 is 10.5 Å². The number of carbonyl (C=O) groups excluding carboxylic acids is 3. The fourth-order valence-corrected chi connectivity index (χ4v) is 2.03. The van der Waals surface area contributed by atoms with Gasteiger partial charge in [-0.15, -0.1) is 0 Å². The number of hydrogen-bond acceptors (Lipinski definition) is 5. The molecule has 0 aromatic carbocycles. The average Bonchev–Trinajstić information content (AvgIpc) is 2.46. The molecule has 0 spiro atoms. The molecule has 110 valence electrons. The largest absolute Gasteiger partial charge is 0.468 e.